The van der Waals surface area contributed by atoms with Gasteiger partial charge in [0.1, 0.15) is 35.5 Å². The molecular weight excluding hydrogens is 406 g/mol. The standard InChI is InChI=1S/C19H34F2N2O5S/c1-10(2)12(16-14(25)13(24)15(26)18(28-16)29-3)23-17(27)11-9-19(21,5-4-7-20)6-8-22-11/h10-16,18,22,24-26H,4-9H2,1-3H3,(H,23,27)/t11-,12+,13-,14+,15+,16+,18+,19?/m0/s1. The summed E-state index contributed by atoms with van der Waals surface area (Å²) in [6.45, 7) is 3.39. The number of aliphatic hydroxyl groups is 3. The van der Waals surface area contributed by atoms with Crippen LogP contribution in [0.25, 0.3) is 0 Å². The van der Waals surface area contributed by atoms with E-state index in [4.69, 9.17) is 4.74 Å². The second-order valence-corrected chi connectivity index (χ2v) is 9.30. The summed E-state index contributed by atoms with van der Waals surface area (Å²) >= 11 is 1.20. The zero-order valence-corrected chi connectivity index (χ0v) is 18.0. The van der Waals surface area contributed by atoms with E-state index in [1.807, 2.05) is 13.8 Å². The Bertz CT molecular complexity index is 545. The van der Waals surface area contributed by atoms with Crippen LogP contribution in [0.2, 0.25) is 0 Å². The molecule has 2 heterocycles. The Labute approximate surface area is 175 Å². The van der Waals surface area contributed by atoms with Crippen molar-refractivity contribution in [3.63, 3.8) is 0 Å². The van der Waals surface area contributed by atoms with Crippen LogP contribution in [0, 0.1) is 5.92 Å². The first-order valence-electron chi connectivity index (χ1n) is 10.1. The molecule has 2 fully saturated rings. The van der Waals surface area contributed by atoms with E-state index in [0.717, 1.165) is 0 Å². The Morgan fingerprint density at radius 1 is 1.31 bits per heavy atom. The summed E-state index contributed by atoms with van der Waals surface area (Å²) in [6, 6.07) is -1.43. The minimum atomic E-state index is -1.59. The van der Waals surface area contributed by atoms with Crippen molar-refractivity contribution < 1.29 is 33.6 Å². The van der Waals surface area contributed by atoms with Crippen LogP contribution in [0.15, 0.2) is 0 Å². The zero-order valence-electron chi connectivity index (χ0n) is 17.2. The number of ether oxygens (including phenoxy) is 1. The fourth-order valence-electron chi connectivity index (χ4n) is 4.06. The first-order valence-corrected chi connectivity index (χ1v) is 11.4. The molecule has 7 nitrogen and oxygen atoms in total. The molecular formula is C19H34F2N2O5S. The molecule has 0 bridgehead atoms. The van der Waals surface area contributed by atoms with Gasteiger partial charge in [0.05, 0.1) is 18.8 Å². The Kier molecular flexibility index (Phi) is 9.11. The molecule has 2 saturated heterocycles. The molecule has 0 radical (unpaired) electrons. The third kappa shape index (κ3) is 6.01. The van der Waals surface area contributed by atoms with Gasteiger partial charge in [-0.15, -0.1) is 11.8 Å². The fraction of sp³-hybridized carbons (Fsp3) is 0.947. The number of halogens is 2. The number of alkyl halides is 2. The highest BCUT2D eigenvalue weighted by Crippen LogP contribution is 2.33. The van der Waals surface area contributed by atoms with Crippen LogP contribution in [0.5, 0.6) is 0 Å². The summed E-state index contributed by atoms with van der Waals surface area (Å²) < 4.78 is 33.2. The summed E-state index contributed by atoms with van der Waals surface area (Å²) in [5.74, 6) is -0.586. The summed E-state index contributed by atoms with van der Waals surface area (Å²) in [4.78, 5) is 12.9. The maximum absolute atomic E-state index is 15.0. The second kappa shape index (κ2) is 10.7. The number of carbonyl (C=O) groups excluding carboxylic acids is 1. The first-order chi connectivity index (χ1) is 13.6. The molecule has 0 aliphatic carbocycles. The van der Waals surface area contributed by atoms with Gasteiger partial charge in [0.25, 0.3) is 0 Å². The van der Waals surface area contributed by atoms with Crippen LogP contribution >= 0.6 is 11.8 Å². The van der Waals surface area contributed by atoms with Crippen molar-refractivity contribution in [2.24, 2.45) is 5.92 Å². The van der Waals surface area contributed by atoms with Gasteiger partial charge in [-0.05, 0) is 38.0 Å². The molecule has 1 unspecified atom stereocenters. The lowest BCUT2D eigenvalue weighted by molar-refractivity contribution is -0.208. The van der Waals surface area contributed by atoms with Crippen molar-refractivity contribution in [2.45, 2.75) is 87.1 Å². The highest BCUT2D eigenvalue weighted by atomic mass is 32.2. The Morgan fingerprint density at radius 2 is 2.00 bits per heavy atom. The number of thioether (sulfide) groups is 1. The molecule has 5 N–H and O–H groups in total. The van der Waals surface area contributed by atoms with Crippen LogP contribution in [0.1, 0.15) is 39.5 Å². The largest absolute Gasteiger partial charge is 0.388 e. The number of piperidine rings is 1. The van der Waals surface area contributed by atoms with Crippen molar-refractivity contribution in [3.05, 3.63) is 0 Å². The predicted octanol–water partition coefficient (Wildman–Crippen LogP) is 0.508. The van der Waals surface area contributed by atoms with E-state index >= 15 is 0 Å². The van der Waals surface area contributed by atoms with E-state index < -0.39 is 60.2 Å². The average Bonchev–Trinajstić information content (AvgIpc) is 2.69. The minimum absolute atomic E-state index is 0.0491. The Balaban J connectivity index is 2.08. The van der Waals surface area contributed by atoms with Gasteiger partial charge in [-0.1, -0.05) is 13.8 Å². The molecule has 0 aromatic carbocycles. The highest BCUT2D eigenvalue weighted by Gasteiger charge is 2.48. The molecule has 0 saturated carbocycles. The molecule has 0 spiro atoms. The van der Waals surface area contributed by atoms with Crippen molar-refractivity contribution in [3.8, 4) is 0 Å². The van der Waals surface area contributed by atoms with Gasteiger partial charge >= 0.3 is 0 Å². The van der Waals surface area contributed by atoms with Gasteiger partial charge in [-0.2, -0.15) is 0 Å². The predicted molar refractivity (Wildman–Crippen MR) is 107 cm³/mol. The van der Waals surface area contributed by atoms with E-state index in [1.54, 1.807) is 6.26 Å². The topological polar surface area (TPSA) is 111 Å². The van der Waals surface area contributed by atoms with Crippen LogP contribution in [-0.4, -0.2) is 88.3 Å². The molecule has 10 heteroatoms. The maximum atomic E-state index is 15.0. The van der Waals surface area contributed by atoms with Gasteiger partial charge in [-0.25, -0.2) is 4.39 Å². The minimum Gasteiger partial charge on any atom is -0.388 e. The Morgan fingerprint density at radius 3 is 2.59 bits per heavy atom. The van der Waals surface area contributed by atoms with Gasteiger partial charge in [0.15, 0.2) is 0 Å². The number of carbonyl (C=O) groups is 1. The molecule has 0 aromatic rings. The monoisotopic (exact) mass is 440 g/mol. The number of amides is 1. The van der Waals surface area contributed by atoms with E-state index in [9.17, 15) is 28.9 Å². The van der Waals surface area contributed by atoms with Crippen LogP contribution < -0.4 is 10.6 Å². The number of rotatable bonds is 8. The van der Waals surface area contributed by atoms with Gasteiger partial charge in [0, 0.05) is 6.42 Å². The molecule has 8 atom stereocenters. The third-order valence-corrected chi connectivity index (χ3v) is 6.68. The molecule has 2 aliphatic rings. The lowest BCUT2D eigenvalue weighted by Gasteiger charge is -2.44. The van der Waals surface area contributed by atoms with E-state index in [2.05, 4.69) is 10.6 Å². The van der Waals surface area contributed by atoms with Gasteiger partial charge < -0.3 is 30.7 Å². The lowest BCUT2D eigenvalue weighted by Crippen LogP contribution is -2.65. The third-order valence-electron chi connectivity index (χ3n) is 5.83. The molecule has 170 valence electrons. The zero-order chi connectivity index (χ0) is 21.8. The lowest BCUT2D eigenvalue weighted by atomic mass is 9.84. The molecule has 29 heavy (non-hydrogen) atoms. The quantitative estimate of drug-likeness (QED) is 0.374. The summed E-state index contributed by atoms with van der Waals surface area (Å²) in [7, 11) is 0. The first kappa shape index (κ1) is 24.7. The summed E-state index contributed by atoms with van der Waals surface area (Å²) in [5, 5.41) is 36.5. The molecule has 2 aliphatic heterocycles. The summed E-state index contributed by atoms with van der Waals surface area (Å²) in [6.07, 6.45) is -2.88. The Hall–Kier alpha value is -0.520. The average molecular weight is 441 g/mol. The normalized spacial score (nSPS) is 39.3. The number of nitrogens with one attached hydrogen (secondary N) is 2. The van der Waals surface area contributed by atoms with Crippen molar-refractivity contribution in [1.82, 2.24) is 10.6 Å². The van der Waals surface area contributed by atoms with Gasteiger partial charge in [-0.3, -0.25) is 9.18 Å². The van der Waals surface area contributed by atoms with Crippen molar-refractivity contribution in [1.29, 1.82) is 0 Å². The molecule has 0 aromatic heterocycles. The number of hydrogen-bond donors (Lipinski definition) is 5. The van der Waals surface area contributed by atoms with E-state index in [0.29, 0.717) is 6.54 Å². The fourth-order valence-corrected chi connectivity index (χ4v) is 4.74. The van der Waals surface area contributed by atoms with E-state index in [-0.39, 0.29) is 31.6 Å². The maximum Gasteiger partial charge on any atom is 0.237 e. The number of aliphatic hydroxyl groups excluding tert-OH is 3. The van der Waals surface area contributed by atoms with Crippen LogP contribution in [-0.2, 0) is 9.53 Å². The smallest absolute Gasteiger partial charge is 0.237 e. The van der Waals surface area contributed by atoms with Crippen LogP contribution in [0.4, 0.5) is 8.78 Å². The molecule has 1 amide bonds. The molecule has 2 rings (SSSR count). The SMILES string of the molecule is CS[C@H]1O[C@H]([C@H](NC(=O)[C@@H]2CC(F)(CCCF)CCN2)C(C)C)[C@H](O)[C@H](O)[C@H]1O. The van der Waals surface area contributed by atoms with Gasteiger partial charge in [0.2, 0.25) is 5.91 Å². The van der Waals surface area contributed by atoms with Crippen LogP contribution in [0.3, 0.4) is 0 Å². The van der Waals surface area contributed by atoms with Crippen molar-refractivity contribution >= 4 is 17.7 Å². The van der Waals surface area contributed by atoms with Crippen molar-refractivity contribution in [2.75, 3.05) is 19.5 Å². The number of hydrogen-bond acceptors (Lipinski definition) is 7. The second-order valence-electron chi connectivity index (χ2n) is 8.36. The highest BCUT2D eigenvalue weighted by molar-refractivity contribution is 7.99. The summed E-state index contributed by atoms with van der Waals surface area (Å²) in [5.41, 5.74) is -2.33. The van der Waals surface area contributed by atoms with E-state index in [1.165, 1.54) is 11.8 Å².